The topological polar surface area (TPSA) is 101 Å². The SMILES string of the molecule is C=CCSCC(=O)Nc1ccc(S(=O)(=O)Nc2ncccn2)cc1. The minimum Gasteiger partial charge on any atom is -0.325 e. The van der Waals surface area contributed by atoms with Gasteiger partial charge in [-0.25, -0.2) is 23.1 Å². The monoisotopic (exact) mass is 364 g/mol. The molecule has 1 aromatic heterocycles. The fraction of sp³-hybridized carbons (Fsp3) is 0.133. The Labute approximate surface area is 144 Å². The van der Waals surface area contributed by atoms with Gasteiger partial charge in [0.25, 0.3) is 10.0 Å². The van der Waals surface area contributed by atoms with Crippen molar-refractivity contribution >= 4 is 39.3 Å². The number of benzene rings is 1. The van der Waals surface area contributed by atoms with Crippen molar-refractivity contribution in [3.05, 3.63) is 55.4 Å². The second-order valence-electron chi connectivity index (χ2n) is 4.55. The number of anilines is 2. The molecule has 126 valence electrons. The summed E-state index contributed by atoms with van der Waals surface area (Å²) in [6.45, 7) is 3.58. The fourth-order valence-corrected chi connectivity index (χ4v) is 3.18. The largest absolute Gasteiger partial charge is 0.325 e. The zero-order chi connectivity index (χ0) is 17.4. The van der Waals surface area contributed by atoms with E-state index in [0.29, 0.717) is 17.2 Å². The third-order valence-corrected chi connectivity index (χ3v) is 4.99. The molecule has 0 bridgehead atoms. The van der Waals surface area contributed by atoms with Crippen LogP contribution in [0.25, 0.3) is 0 Å². The Bertz CT molecular complexity index is 793. The van der Waals surface area contributed by atoms with Crippen LogP contribution in [0.15, 0.2) is 60.3 Å². The van der Waals surface area contributed by atoms with Crippen molar-refractivity contribution in [3.63, 3.8) is 0 Å². The van der Waals surface area contributed by atoms with Crippen LogP contribution < -0.4 is 10.0 Å². The minimum absolute atomic E-state index is 0.00544. The lowest BCUT2D eigenvalue weighted by Crippen LogP contribution is -2.16. The number of carbonyl (C=O) groups is 1. The molecule has 0 aliphatic heterocycles. The molecule has 1 amide bonds. The summed E-state index contributed by atoms with van der Waals surface area (Å²) >= 11 is 1.44. The van der Waals surface area contributed by atoms with Gasteiger partial charge in [-0.3, -0.25) is 4.79 Å². The first-order chi connectivity index (χ1) is 11.5. The van der Waals surface area contributed by atoms with Crippen LogP contribution in [0.3, 0.4) is 0 Å². The van der Waals surface area contributed by atoms with Gasteiger partial charge >= 0.3 is 0 Å². The summed E-state index contributed by atoms with van der Waals surface area (Å²) in [7, 11) is -3.78. The van der Waals surface area contributed by atoms with Gasteiger partial charge in [0.2, 0.25) is 11.9 Å². The molecule has 0 aliphatic rings. The maximum Gasteiger partial charge on any atom is 0.264 e. The van der Waals surface area contributed by atoms with Crippen molar-refractivity contribution in [1.29, 1.82) is 0 Å². The molecular weight excluding hydrogens is 348 g/mol. The molecule has 2 rings (SSSR count). The Morgan fingerprint density at radius 1 is 1.21 bits per heavy atom. The number of amides is 1. The summed E-state index contributed by atoms with van der Waals surface area (Å²) in [5.74, 6) is 0.832. The molecule has 0 atom stereocenters. The number of nitrogens with one attached hydrogen (secondary N) is 2. The van der Waals surface area contributed by atoms with Crippen LogP contribution in [0.5, 0.6) is 0 Å². The Hall–Kier alpha value is -2.39. The van der Waals surface area contributed by atoms with E-state index < -0.39 is 10.0 Å². The Morgan fingerprint density at radius 3 is 2.50 bits per heavy atom. The Balaban J connectivity index is 2.00. The standard InChI is InChI=1S/C15H16N4O3S2/c1-2-10-23-11-14(20)18-12-4-6-13(7-5-12)24(21,22)19-15-16-8-3-9-17-15/h2-9H,1,10-11H2,(H,18,20)(H,16,17,19). The molecule has 0 aliphatic carbocycles. The molecule has 2 N–H and O–H groups in total. The lowest BCUT2D eigenvalue weighted by atomic mass is 10.3. The second kappa shape index (κ2) is 8.46. The predicted octanol–water partition coefficient (Wildman–Crippen LogP) is 2.14. The molecule has 1 aromatic carbocycles. The molecule has 0 spiro atoms. The van der Waals surface area contributed by atoms with Crippen molar-refractivity contribution in [3.8, 4) is 0 Å². The van der Waals surface area contributed by atoms with Crippen LogP contribution in [-0.4, -0.2) is 35.8 Å². The van der Waals surface area contributed by atoms with Crippen LogP contribution in [0.4, 0.5) is 11.6 Å². The van der Waals surface area contributed by atoms with Gasteiger partial charge in [0.15, 0.2) is 0 Å². The van der Waals surface area contributed by atoms with Crippen LogP contribution in [-0.2, 0) is 14.8 Å². The van der Waals surface area contributed by atoms with Gasteiger partial charge < -0.3 is 5.32 Å². The van der Waals surface area contributed by atoms with Crippen molar-refractivity contribution in [1.82, 2.24) is 9.97 Å². The number of sulfonamides is 1. The summed E-state index contributed by atoms with van der Waals surface area (Å²) in [5, 5.41) is 2.70. The molecule has 2 aromatic rings. The highest BCUT2D eigenvalue weighted by atomic mass is 32.2. The first-order valence-electron chi connectivity index (χ1n) is 6.89. The molecule has 0 saturated heterocycles. The van der Waals surface area contributed by atoms with Gasteiger partial charge in [0.05, 0.1) is 10.6 Å². The van der Waals surface area contributed by atoms with Gasteiger partial charge in [-0.15, -0.1) is 18.3 Å². The number of rotatable bonds is 8. The molecule has 0 saturated carbocycles. The number of aromatic nitrogens is 2. The van der Waals surface area contributed by atoms with Gasteiger partial charge in [-0.2, -0.15) is 0 Å². The van der Waals surface area contributed by atoms with E-state index in [-0.39, 0.29) is 16.8 Å². The van der Waals surface area contributed by atoms with E-state index in [9.17, 15) is 13.2 Å². The maximum absolute atomic E-state index is 12.2. The smallest absolute Gasteiger partial charge is 0.264 e. The second-order valence-corrected chi connectivity index (χ2v) is 7.27. The molecule has 7 nitrogen and oxygen atoms in total. The molecule has 0 radical (unpaired) electrons. The fourth-order valence-electron chi connectivity index (χ4n) is 1.68. The first-order valence-corrected chi connectivity index (χ1v) is 9.53. The van der Waals surface area contributed by atoms with Crippen molar-refractivity contribution in [2.45, 2.75) is 4.90 Å². The number of hydrogen-bond acceptors (Lipinski definition) is 6. The highest BCUT2D eigenvalue weighted by molar-refractivity contribution is 8.00. The van der Waals surface area contributed by atoms with Crippen LogP contribution in [0.1, 0.15) is 0 Å². The van der Waals surface area contributed by atoms with Gasteiger partial charge in [0, 0.05) is 23.8 Å². The number of hydrogen-bond donors (Lipinski definition) is 2. The van der Waals surface area contributed by atoms with Crippen LogP contribution >= 0.6 is 11.8 Å². The normalized spacial score (nSPS) is 10.8. The molecule has 0 unspecified atom stereocenters. The molecular formula is C15H16N4O3S2. The quantitative estimate of drug-likeness (QED) is 0.550. The van der Waals surface area contributed by atoms with E-state index in [1.54, 1.807) is 12.1 Å². The van der Waals surface area contributed by atoms with E-state index in [1.165, 1.54) is 48.4 Å². The van der Waals surface area contributed by atoms with E-state index in [4.69, 9.17) is 0 Å². The third-order valence-electron chi connectivity index (χ3n) is 2.71. The highest BCUT2D eigenvalue weighted by Crippen LogP contribution is 2.16. The maximum atomic E-state index is 12.2. The van der Waals surface area contributed by atoms with Gasteiger partial charge in [0.1, 0.15) is 0 Å². The van der Waals surface area contributed by atoms with Gasteiger partial charge in [-0.05, 0) is 30.3 Å². The van der Waals surface area contributed by atoms with Gasteiger partial charge in [-0.1, -0.05) is 6.08 Å². The molecule has 9 heteroatoms. The zero-order valence-electron chi connectivity index (χ0n) is 12.7. The van der Waals surface area contributed by atoms with Crippen molar-refractivity contribution in [2.75, 3.05) is 21.5 Å². The third kappa shape index (κ3) is 5.36. The Kier molecular flexibility index (Phi) is 6.33. The lowest BCUT2D eigenvalue weighted by molar-refractivity contribution is -0.113. The number of thioether (sulfide) groups is 1. The van der Waals surface area contributed by atoms with Crippen LogP contribution in [0.2, 0.25) is 0 Å². The molecule has 24 heavy (non-hydrogen) atoms. The summed E-state index contributed by atoms with van der Waals surface area (Å²) in [4.78, 5) is 19.4. The molecule has 0 fully saturated rings. The van der Waals surface area contributed by atoms with Crippen molar-refractivity contribution < 1.29 is 13.2 Å². The zero-order valence-corrected chi connectivity index (χ0v) is 14.3. The average Bonchev–Trinajstić information content (AvgIpc) is 2.56. The van der Waals surface area contributed by atoms with E-state index in [1.807, 2.05) is 0 Å². The minimum atomic E-state index is -3.78. The number of carbonyl (C=O) groups excluding carboxylic acids is 1. The summed E-state index contributed by atoms with van der Waals surface area (Å²) in [6.07, 6.45) is 4.60. The van der Waals surface area contributed by atoms with E-state index in [2.05, 4.69) is 26.6 Å². The Morgan fingerprint density at radius 2 is 1.88 bits per heavy atom. The highest BCUT2D eigenvalue weighted by Gasteiger charge is 2.15. The average molecular weight is 364 g/mol. The summed E-state index contributed by atoms with van der Waals surface area (Å²) in [5.41, 5.74) is 0.522. The first kappa shape index (κ1) is 18.0. The lowest BCUT2D eigenvalue weighted by Gasteiger charge is -2.08. The summed E-state index contributed by atoms with van der Waals surface area (Å²) < 4.78 is 26.7. The summed E-state index contributed by atoms with van der Waals surface area (Å²) in [6, 6.07) is 7.44. The molecule has 1 heterocycles. The van der Waals surface area contributed by atoms with Crippen LogP contribution in [0, 0.1) is 0 Å². The van der Waals surface area contributed by atoms with E-state index in [0.717, 1.165) is 0 Å². The van der Waals surface area contributed by atoms with E-state index >= 15 is 0 Å². The predicted molar refractivity (Wildman–Crippen MR) is 95.4 cm³/mol. The van der Waals surface area contributed by atoms with Crippen molar-refractivity contribution in [2.24, 2.45) is 0 Å². The number of nitrogens with zero attached hydrogens (tertiary/aromatic N) is 2.